The van der Waals surface area contributed by atoms with Crippen LogP contribution in [0.4, 0.5) is 5.13 Å². The molecular formula is C16H19N3O3S2. The summed E-state index contributed by atoms with van der Waals surface area (Å²) in [5.41, 5.74) is 0.946. The third-order valence-corrected chi connectivity index (χ3v) is 6.34. The van der Waals surface area contributed by atoms with Crippen LogP contribution in [-0.2, 0) is 4.79 Å². The van der Waals surface area contributed by atoms with Crippen LogP contribution in [-0.4, -0.2) is 41.0 Å². The lowest BCUT2D eigenvalue weighted by Crippen LogP contribution is -2.41. The quantitative estimate of drug-likeness (QED) is 0.842. The molecule has 0 atom stereocenters. The molecular weight excluding hydrogens is 346 g/mol. The number of hydrogen-bond donors (Lipinski definition) is 1. The second-order valence-corrected chi connectivity index (χ2v) is 7.70. The van der Waals surface area contributed by atoms with Gasteiger partial charge in [0.1, 0.15) is 0 Å². The van der Waals surface area contributed by atoms with Crippen molar-refractivity contribution in [1.82, 2.24) is 9.88 Å². The van der Waals surface area contributed by atoms with Crippen molar-refractivity contribution >= 4 is 40.0 Å². The van der Waals surface area contributed by atoms with Crippen molar-refractivity contribution < 1.29 is 14.0 Å². The Morgan fingerprint density at radius 2 is 2.17 bits per heavy atom. The lowest BCUT2D eigenvalue weighted by molar-refractivity contribution is -0.121. The molecule has 24 heavy (non-hydrogen) atoms. The van der Waals surface area contributed by atoms with Gasteiger partial charge < -0.3 is 14.6 Å². The molecule has 0 spiro atoms. The predicted octanol–water partition coefficient (Wildman–Crippen LogP) is 3.26. The van der Waals surface area contributed by atoms with Crippen LogP contribution in [0.15, 0.2) is 27.0 Å². The Hall–Kier alpha value is -1.80. The SMILES string of the molecule is CSc1sc(NC(=O)C2CCN(C(=O)c3ccco3)CC2)nc1C. The van der Waals surface area contributed by atoms with E-state index in [-0.39, 0.29) is 17.7 Å². The summed E-state index contributed by atoms with van der Waals surface area (Å²) in [7, 11) is 0. The number of nitrogens with zero attached hydrogens (tertiary/aromatic N) is 2. The Kier molecular flexibility index (Phi) is 5.25. The Labute approximate surface area is 148 Å². The molecule has 1 N–H and O–H groups in total. The zero-order chi connectivity index (χ0) is 17.1. The van der Waals surface area contributed by atoms with Gasteiger partial charge in [0.25, 0.3) is 5.91 Å². The predicted molar refractivity (Wildman–Crippen MR) is 94.6 cm³/mol. The summed E-state index contributed by atoms with van der Waals surface area (Å²) in [6, 6.07) is 3.36. The van der Waals surface area contributed by atoms with Crippen LogP contribution in [0.2, 0.25) is 0 Å². The van der Waals surface area contributed by atoms with Gasteiger partial charge in [-0.3, -0.25) is 9.59 Å². The minimum atomic E-state index is -0.112. The number of amides is 2. The molecule has 8 heteroatoms. The Balaban J connectivity index is 1.54. The van der Waals surface area contributed by atoms with Crippen molar-refractivity contribution in [3.8, 4) is 0 Å². The molecule has 2 aromatic rings. The van der Waals surface area contributed by atoms with E-state index in [0.29, 0.717) is 36.8 Å². The maximum atomic E-state index is 12.4. The zero-order valence-corrected chi connectivity index (χ0v) is 15.2. The van der Waals surface area contributed by atoms with Crippen molar-refractivity contribution in [2.75, 3.05) is 24.7 Å². The summed E-state index contributed by atoms with van der Waals surface area (Å²) in [6.45, 7) is 3.06. The minimum Gasteiger partial charge on any atom is -0.459 e. The number of furan rings is 1. The maximum Gasteiger partial charge on any atom is 0.289 e. The maximum absolute atomic E-state index is 12.4. The van der Waals surface area contributed by atoms with Crippen LogP contribution in [0.1, 0.15) is 29.1 Å². The second-order valence-electron chi connectivity index (χ2n) is 5.63. The molecule has 1 aliphatic rings. The van der Waals surface area contributed by atoms with E-state index in [1.54, 1.807) is 28.8 Å². The number of thioether (sulfide) groups is 1. The first-order valence-corrected chi connectivity index (χ1v) is 9.77. The van der Waals surface area contributed by atoms with Gasteiger partial charge >= 0.3 is 0 Å². The highest BCUT2D eigenvalue weighted by Crippen LogP contribution is 2.31. The Morgan fingerprint density at radius 3 is 2.75 bits per heavy atom. The topological polar surface area (TPSA) is 75.4 Å². The average Bonchev–Trinajstić information content (AvgIpc) is 3.24. The van der Waals surface area contributed by atoms with E-state index in [1.165, 1.54) is 17.6 Å². The second kappa shape index (κ2) is 7.40. The van der Waals surface area contributed by atoms with Crippen LogP contribution in [0, 0.1) is 12.8 Å². The number of rotatable bonds is 4. The lowest BCUT2D eigenvalue weighted by Gasteiger charge is -2.30. The molecule has 0 unspecified atom stereocenters. The van der Waals surface area contributed by atoms with Crippen molar-refractivity contribution in [3.05, 3.63) is 29.9 Å². The van der Waals surface area contributed by atoms with Crippen LogP contribution in [0.3, 0.4) is 0 Å². The van der Waals surface area contributed by atoms with Gasteiger partial charge in [-0.2, -0.15) is 0 Å². The molecule has 0 saturated carbocycles. The number of anilines is 1. The molecule has 1 fully saturated rings. The highest BCUT2D eigenvalue weighted by atomic mass is 32.2. The summed E-state index contributed by atoms with van der Waals surface area (Å²) >= 11 is 3.13. The monoisotopic (exact) mass is 365 g/mol. The molecule has 6 nitrogen and oxygen atoms in total. The highest BCUT2D eigenvalue weighted by Gasteiger charge is 2.29. The van der Waals surface area contributed by atoms with Gasteiger partial charge in [0.2, 0.25) is 5.91 Å². The molecule has 0 bridgehead atoms. The Morgan fingerprint density at radius 1 is 1.42 bits per heavy atom. The number of aromatic nitrogens is 1. The Bertz CT molecular complexity index is 719. The first-order valence-electron chi connectivity index (χ1n) is 7.73. The number of nitrogens with one attached hydrogen (secondary N) is 1. The molecule has 3 rings (SSSR count). The molecule has 128 valence electrons. The van der Waals surface area contributed by atoms with Crippen molar-refractivity contribution in [1.29, 1.82) is 0 Å². The molecule has 2 amide bonds. The fourth-order valence-corrected chi connectivity index (χ4v) is 4.35. The summed E-state index contributed by atoms with van der Waals surface area (Å²) < 4.78 is 6.26. The van der Waals surface area contributed by atoms with Gasteiger partial charge in [0.15, 0.2) is 10.9 Å². The van der Waals surface area contributed by atoms with Gasteiger partial charge in [-0.1, -0.05) is 11.3 Å². The minimum absolute atomic E-state index is 0.0125. The average molecular weight is 365 g/mol. The number of hydrogen-bond acceptors (Lipinski definition) is 6. The fraction of sp³-hybridized carbons (Fsp3) is 0.438. The van der Waals surface area contributed by atoms with Gasteiger partial charge in [-0.25, -0.2) is 4.98 Å². The van der Waals surface area contributed by atoms with Crippen molar-refractivity contribution in [2.24, 2.45) is 5.92 Å². The van der Waals surface area contributed by atoms with Crippen molar-refractivity contribution in [3.63, 3.8) is 0 Å². The van der Waals surface area contributed by atoms with E-state index in [4.69, 9.17) is 4.42 Å². The number of piperidine rings is 1. The molecule has 1 aliphatic heterocycles. The van der Waals surface area contributed by atoms with Crippen LogP contribution >= 0.6 is 23.1 Å². The zero-order valence-electron chi connectivity index (χ0n) is 13.6. The molecule has 0 aliphatic carbocycles. The number of likely N-dealkylation sites (tertiary alicyclic amines) is 1. The van der Waals surface area contributed by atoms with Crippen LogP contribution in [0.5, 0.6) is 0 Å². The van der Waals surface area contributed by atoms with Crippen LogP contribution < -0.4 is 5.32 Å². The summed E-state index contributed by atoms with van der Waals surface area (Å²) in [5.74, 6) is 0.133. The largest absolute Gasteiger partial charge is 0.459 e. The van der Waals surface area contributed by atoms with Gasteiger partial charge in [-0.05, 0) is 38.2 Å². The third kappa shape index (κ3) is 3.64. The van der Waals surface area contributed by atoms with E-state index in [2.05, 4.69) is 10.3 Å². The van der Waals surface area contributed by atoms with E-state index >= 15 is 0 Å². The van der Waals surface area contributed by atoms with Gasteiger partial charge in [0.05, 0.1) is 16.2 Å². The number of thiazole rings is 1. The summed E-state index contributed by atoms with van der Waals surface area (Å²) in [4.78, 5) is 30.8. The highest BCUT2D eigenvalue weighted by molar-refractivity contribution is 8.00. The van der Waals surface area contributed by atoms with Crippen LogP contribution in [0.25, 0.3) is 0 Å². The summed E-state index contributed by atoms with van der Waals surface area (Å²) in [6.07, 6.45) is 4.79. The standard InChI is InChI=1S/C16H19N3O3S2/c1-10-15(23-2)24-16(17-10)18-13(20)11-5-7-19(8-6-11)14(21)12-4-3-9-22-12/h3-4,9,11H,5-8H2,1-2H3,(H,17,18,20). The molecule has 3 heterocycles. The number of aryl methyl sites for hydroxylation is 1. The van der Waals surface area contributed by atoms with E-state index in [0.717, 1.165) is 9.90 Å². The van der Waals surface area contributed by atoms with Crippen molar-refractivity contribution in [2.45, 2.75) is 24.0 Å². The summed E-state index contributed by atoms with van der Waals surface area (Å²) in [5, 5.41) is 3.56. The third-order valence-electron chi connectivity index (χ3n) is 4.05. The lowest BCUT2D eigenvalue weighted by atomic mass is 9.96. The number of carbonyl (C=O) groups excluding carboxylic acids is 2. The molecule has 1 saturated heterocycles. The van der Waals surface area contributed by atoms with Gasteiger partial charge in [-0.15, -0.1) is 11.8 Å². The van der Waals surface area contributed by atoms with Gasteiger partial charge in [0, 0.05) is 19.0 Å². The first-order chi connectivity index (χ1) is 11.6. The molecule has 2 aromatic heterocycles. The molecule has 0 radical (unpaired) electrons. The smallest absolute Gasteiger partial charge is 0.289 e. The van der Waals surface area contributed by atoms with E-state index in [9.17, 15) is 9.59 Å². The van der Waals surface area contributed by atoms with E-state index in [1.807, 2.05) is 13.2 Å². The molecule has 0 aromatic carbocycles. The fourth-order valence-electron chi connectivity index (χ4n) is 2.73. The first kappa shape index (κ1) is 17.0. The number of carbonyl (C=O) groups is 2. The van der Waals surface area contributed by atoms with E-state index < -0.39 is 0 Å². The normalized spacial score (nSPS) is 15.5.